The van der Waals surface area contributed by atoms with Gasteiger partial charge in [0.1, 0.15) is 5.75 Å². The van der Waals surface area contributed by atoms with Gasteiger partial charge in [0.05, 0.1) is 0 Å². The summed E-state index contributed by atoms with van der Waals surface area (Å²) in [5.74, 6) is -0.0256. The summed E-state index contributed by atoms with van der Waals surface area (Å²) < 4.78 is 3.83. The Morgan fingerprint density at radius 2 is 2.00 bits per heavy atom. The Hall–Kier alpha value is -0.870. The average Bonchev–Trinajstić information content (AvgIpc) is 2.04. The van der Waals surface area contributed by atoms with Gasteiger partial charge in [-0.2, -0.15) is 0 Å². The van der Waals surface area contributed by atoms with Gasteiger partial charge in [-0.3, -0.25) is 0 Å². The number of benzene rings is 1. The molecule has 0 aliphatic carbocycles. The van der Waals surface area contributed by atoms with Crippen LogP contribution in [-0.2, 0) is 4.79 Å². The van der Waals surface area contributed by atoms with Gasteiger partial charge < -0.3 is 10.5 Å². The molecule has 1 atom stereocenters. The maximum Gasteiger partial charge on any atom is 0.342 e. The number of esters is 1. The van der Waals surface area contributed by atoms with Crippen molar-refractivity contribution in [3.05, 3.63) is 30.3 Å². The van der Waals surface area contributed by atoms with E-state index in [4.69, 9.17) is 10.5 Å². The van der Waals surface area contributed by atoms with Gasteiger partial charge in [0, 0.05) is 0 Å². The zero-order chi connectivity index (χ0) is 9.90. The van der Waals surface area contributed by atoms with Gasteiger partial charge in [-0.1, -0.05) is 34.1 Å². The molecule has 13 heavy (non-hydrogen) atoms. The largest absolute Gasteiger partial charge is 0.425 e. The molecule has 0 aliphatic heterocycles. The van der Waals surface area contributed by atoms with Gasteiger partial charge >= 0.3 is 5.97 Å². The first-order valence-corrected chi connectivity index (χ1v) is 4.54. The highest BCUT2D eigenvalue weighted by atomic mass is 79.9. The fourth-order valence-electron chi connectivity index (χ4n) is 0.695. The van der Waals surface area contributed by atoms with Crippen LogP contribution in [0.15, 0.2) is 30.3 Å². The molecule has 4 heteroatoms. The summed E-state index contributed by atoms with van der Waals surface area (Å²) in [6, 6.07) is 8.79. The number of hydrogen-bond acceptors (Lipinski definition) is 3. The Balaban J connectivity index is 2.66. The molecular formula is C9H10BrNO2. The van der Waals surface area contributed by atoms with Gasteiger partial charge in [-0.05, 0) is 19.1 Å². The molecule has 2 N–H and O–H groups in total. The van der Waals surface area contributed by atoms with E-state index in [1.807, 2.05) is 6.07 Å². The van der Waals surface area contributed by atoms with Crippen LogP contribution in [-0.4, -0.2) is 10.4 Å². The molecular weight excluding hydrogens is 234 g/mol. The van der Waals surface area contributed by atoms with Crippen molar-refractivity contribution in [1.29, 1.82) is 0 Å². The topological polar surface area (TPSA) is 52.3 Å². The molecule has 1 aromatic rings. The molecule has 0 amide bonds. The molecule has 0 bridgehead atoms. The van der Waals surface area contributed by atoms with Crippen LogP contribution >= 0.6 is 15.9 Å². The fraction of sp³-hybridized carbons (Fsp3) is 0.222. The molecule has 1 aromatic carbocycles. The smallest absolute Gasteiger partial charge is 0.342 e. The number of ether oxygens (including phenoxy) is 1. The quantitative estimate of drug-likeness (QED) is 0.372. The minimum absolute atomic E-state index is 0.489. The van der Waals surface area contributed by atoms with Crippen LogP contribution in [0.3, 0.4) is 0 Å². The monoisotopic (exact) mass is 243 g/mol. The van der Waals surface area contributed by atoms with Crippen molar-refractivity contribution in [3.63, 3.8) is 0 Å². The summed E-state index contributed by atoms with van der Waals surface area (Å²) in [7, 11) is 0. The second-order valence-corrected chi connectivity index (χ2v) is 4.43. The van der Waals surface area contributed by atoms with E-state index in [1.165, 1.54) is 6.92 Å². The van der Waals surface area contributed by atoms with Crippen molar-refractivity contribution in [2.45, 2.75) is 11.4 Å². The number of carbonyl (C=O) groups excluding carboxylic acids is 1. The zero-order valence-electron chi connectivity index (χ0n) is 7.16. The van der Waals surface area contributed by atoms with E-state index in [0.29, 0.717) is 5.75 Å². The molecule has 0 heterocycles. The molecule has 3 nitrogen and oxygen atoms in total. The van der Waals surface area contributed by atoms with E-state index in [2.05, 4.69) is 15.9 Å². The minimum atomic E-state index is -1.14. The molecule has 70 valence electrons. The number of rotatable bonds is 2. The van der Waals surface area contributed by atoms with E-state index in [9.17, 15) is 4.79 Å². The Morgan fingerprint density at radius 3 is 2.46 bits per heavy atom. The molecule has 0 aromatic heterocycles. The normalized spacial score (nSPS) is 14.7. The number of halogens is 1. The average molecular weight is 244 g/mol. The number of hydrogen-bond donors (Lipinski definition) is 1. The predicted octanol–water partition coefficient (Wildman–Crippen LogP) is 1.66. The van der Waals surface area contributed by atoms with Gasteiger partial charge in [-0.25, -0.2) is 4.79 Å². The highest BCUT2D eigenvalue weighted by molar-refractivity contribution is 9.10. The fourth-order valence-corrected chi connectivity index (χ4v) is 0.776. The lowest BCUT2D eigenvalue weighted by Gasteiger charge is -2.14. The third kappa shape index (κ3) is 3.16. The summed E-state index contributed by atoms with van der Waals surface area (Å²) in [6.45, 7) is 1.53. The maximum atomic E-state index is 11.2. The summed E-state index contributed by atoms with van der Waals surface area (Å²) in [4.78, 5) is 11.2. The van der Waals surface area contributed by atoms with Crippen molar-refractivity contribution in [2.75, 3.05) is 0 Å². The van der Waals surface area contributed by atoms with Crippen LogP contribution in [0, 0.1) is 0 Å². The van der Waals surface area contributed by atoms with Crippen molar-refractivity contribution >= 4 is 21.9 Å². The standard InChI is InChI=1S/C9H10BrNO2/c1-9(10,11)8(12)13-7-5-3-2-4-6-7/h2-6H,11H2,1H3/t9-/m0/s1. The van der Waals surface area contributed by atoms with E-state index >= 15 is 0 Å². The molecule has 0 spiro atoms. The van der Waals surface area contributed by atoms with Gasteiger partial charge in [-0.15, -0.1) is 0 Å². The van der Waals surface area contributed by atoms with Crippen LogP contribution in [0.5, 0.6) is 5.75 Å². The maximum absolute atomic E-state index is 11.2. The molecule has 1 rings (SSSR count). The SMILES string of the molecule is C[C@@](N)(Br)C(=O)Oc1ccccc1. The van der Waals surface area contributed by atoms with Crippen molar-refractivity contribution in [2.24, 2.45) is 5.73 Å². The van der Waals surface area contributed by atoms with Crippen LogP contribution in [0.2, 0.25) is 0 Å². The highest BCUT2D eigenvalue weighted by Crippen LogP contribution is 2.15. The minimum Gasteiger partial charge on any atom is -0.425 e. The second-order valence-electron chi connectivity index (χ2n) is 2.78. The van der Waals surface area contributed by atoms with Gasteiger partial charge in [0.25, 0.3) is 0 Å². The molecule has 0 unspecified atom stereocenters. The highest BCUT2D eigenvalue weighted by Gasteiger charge is 2.26. The molecule has 0 saturated carbocycles. The first-order valence-electron chi connectivity index (χ1n) is 3.75. The van der Waals surface area contributed by atoms with E-state index in [1.54, 1.807) is 24.3 Å². The van der Waals surface area contributed by atoms with E-state index in [0.717, 1.165) is 0 Å². The van der Waals surface area contributed by atoms with Crippen molar-refractivity contribution < 1.29 is 9.53 Å². The Bertz CT molecular complexity index is 292. The lowest BCUT2D eigenvalue weighted by molar-refractivity contribution is -0.136. The van der Waals surface area contributed by atoms with Crippen LogP contribution in [0.25, 0.3) is 0 Å². The first-order chi connectivity index (χ1) is 6.00. The van der Waals surface area contributed by atoms with Crippen molar-refractivity contribution in [1.82, 2.24) is 0 Å². The summed E-state index contributed by atoms with van der Waals surface area (Å²) in [5.41, 5.74) is 5.47. The number of para-hydroxylation sites is 1. The Kier molecular flexibility index (Phi) is 3.06. The predicted molar refractivity (Wildman–Crippen MR) is 53.6 cm³/mol. The molecule has 0 fully saturated rings. The third-order valence-corrected chi connectivity index (χ3v) is 1.68. The zero-order valence-corrected chi connectivity index (χ0v) is 8.74. The van der Waals surface area contributed by atoms with Crippen LogP contribution < -0.4 is 10.5 Å². The molecule has 0 saturated heterocycles. The first kappa shape index (κ1) is 10.2. The van der Waals surface area contributed by atoms with Gasteiger partial charge in [0.2, 0.25) is 0 Å². The van der Waals surface area contributed by atoms with Crippen LogP contribution in [0.4, 0.5) is 0 Å². The van der Waals surface area contributed by atoms with E-state index < -0.39 is 10.4 Å². The van der Waals surface area contributed by atoms with Crippen LogP contribution in [0.1, 0.15) is 6.92 Å². The van der Waals surface area contributed by atoms with Crippen molar-refractivity contribution in [3.8, 4) is 5.75 Å². The third-order valence-electron chi connectivity index (χ3n) is 1.35. The summed E-state index contributed by atoms with van der Waals surface area (Å²) in [6.07, 6.45) is 0. The lowest BCUT2D eigenvalue weighted by atomic mass is 10.3. The second kappa shape index (κ2) is 3.89. The van der Waals surface area contributed by atoms with E-state index in [-0.39, 0.29) is 0 Å². The summed E-state index contributed by atoms with van der Waals surface area (Å²) >= 11 is 3.00. The number of alkyl halides is 1. The number of carbonyl (C=O) groups is 1. The van der Waals surface area contributed by atoms with Gasteiger partial charge in [0.15, 0.2) is 4.45 Å². The Labute approximate surface area is 85.0 Å². The Morgan fingerprint density at radius 1 is 1.46 bits per heavy atom. The molecule has 0 radical (unpaired) electrons. The molecule has 0 aliphatic rings. The number of nitrogens with two attached hydrogens (primary N) is 1. The lowest BCUT2D eigenvalue weighted by Crippen LogP contribution is -2.41. The summed E-state index contributed by atoms with van der Waals surface area (Å²) in [5, 5.41) is 0.